The monoisotopic (exact) mass is 551 g/mol. The van der Waals surface area contributed by atoms with Gasteiger partial charge in [-0.15, -0.1) is 0 Å². The molecule has 0 spiro atoms. The predicted octanol–water partition coefficient (Wildman–Crippen LogP) is 5.42. The second-order valence-corrected chi connectivity index (χ2v) is 10.1. The topological polar surface area (TPSA) is 91.1 Å². The molecule has 1 aromatic carbocycles. The van der Waals surface area contributed by atoms with Crippen molar-refractivity contribution < 1.29 is 22.6 Å². The number of aromatic nitrogens is 6. The molecule has 0 bridgehead atoms. The van der Waals surface area contributed by atoms with E-state index >= 15 is 0 Å². The predicted molar refractivity (Wildman–Crippen MR) is 141 cm³/mol. The third-order valence-corrected chi connectivity index (χ3v) is 7.17. The zero-order valence-corrected chi connectivity index (χ0v) is 22.3. The zero-order valence-electron chi connectivity index (χ0n) is 22.3. The standard InChI is InChI=1S/C28H28F3N7O2/c1-37-14-21(28(29,30)31)35-25(37)18-6-4-16(5-7-18)13-38(19-10-11-19)26-20(39-2)12-32-24(36-26)22-23(17-8-9-17)33-15-34-27(22)40-3/h4-7,12,14-15,17,19H,8-11,13H2,1-3H3. The van der Waals surface area contributed by atoms with Crippen molar-refractivity contribution in [1.29, 1.82) is 0 Å². The Hall–Kier alpha value is -4.22. The van der Waals surface area contributed by atoms with Gasteiger partial charge in [-0.1, -0.05) is 24.3 Å². The van der Waals surface area contributed by atoms with Crippen LogP contribution >= 0.6 is 0 Å². The molecule has 9 nitrogen and oxygen atoms in total. The highest BCUT2D eigenvalue weighted by Gasteiger charge is 2.36. The number of halogens is 3. The number of aryl methyl sites for hydroxylation is 1. The van der Waals surface area contributed by atoms with Crippen LogP contribution in [0.3, 0.4) is 0 Å². The van der Waals surface area contributed by atoms with Crippen molar-refractivity contribution in [3.8, 4) is 34.4 Å². The van der Waals surface area contributed by atoms with E-state index in [9.17, 15) is 13.2 Å². The molecule has 0 aliphatic heterocycles. The zero-order chi connectivity index (χ0) is 28.0. The highest BCUT2D eigenvalue weighted by atomic mass is 19.4. The Bertz CT molecular complexity index is 1530. The molecule has 0 unspecified atom stereocenters. The van der Waals surface area contributed by atoms with Gasteiger partial charge in [0.25, 0.3) is 0 Å². The van der Waals surface area contributed by atoms with Crippen molar-refractivity contribution in [2.24, 2.45) is 7.05 Å². The van der Waals surface area contributed by atoms with Gasteiger partial charge in [-0.2, -0.15) is 13.2 Å². The molecule has 40 heavy (non-hydrogen) atoms. The second kappa shape index (κ2) is 10.1. The third kappa shape index (κ3) is 5.05. The van der Waals surface area contributed by atoms with E-state index in [2.05, 4.69) is 24.8 Å². The maximum absolute atomic E-state index is 13.1. The number of hydrogen-bond donors (Lipinski definition) is 0. The third-order valence-electron chi connectivity index (χ3n) is 7.17. The van der Waals surface area contributed by atoms with Crippen LogP contribution < -0.4 is 14.4 Å². The number of anilines is 1. The number of rotatable bonds is 9. The molecule has 0 amide bonds. The molecule has 4 aromatic rings. The van der Waals surface area contributed by atoms with E-state index in [1.54, 1.807) is 39.6 Å². The molecule has 12 heteroatoms. The van der Waals surface area contributed by atoms with E-state index in [4.69, 9.17) is 14.5 Å². The van der Waals surface area contributed by atoms with Crippen molar-refractivity contribution in [1.82, 2.24) is 29.5 Å². The Kier molecular flexibility index (Phi) is 6.55. The first-order valence-corrected chi connectivity index (χ1v) is 13.0. The molecule has 2 aliphatic rings. The minimum Gasteiger partial charge on any atom is -0.491 e. The van der Waals surface area contributed by atoms with Gasteiger partial charge in [0.1, 0.15) is 17.7 Å². The van der Waals surface area contributed by atoms with Crippen LogP contribution in [0.1, 0.15) is 48.6 Å². The van der Waals surface area contributed by atoms with E-state index < -0.39 is 11.9 Å². The van der Waals surface area contributed by atoms with Crippen molar-refractivity contribution >= 4 is 5.82 Å². The smallest absolute Gasteiger partial charge is 0.434 e. The normalized spacial score (nSPS) is 15.2. The number of methoxy groups -OCH3 is 2. The molecule has 3 heterocycles. The molecule has 0 saturated heterocycles. The molecule has 208 valence electrons. The summed E-state index contributed by atoms with van der Waals surface area (Å²) in [6.45, 7) is 0.532. The lowest BCUT2D eigenvalue weighted by atomic mass is 10.1. The first-order valence-electron chi connectivity index (χ1n) is 13.0. The SMILES string of the molecule is COc1cnc(-c2c(OC)ncnc2C2CC2)nc1N(Cc1ccc(-c2nc(C(F)(F)F)cn2C)cc1)C1CC1. The average Bonchev–Trinajstić information content (AvgIpc) is 3.89. The first-order chi connectivity index (χ1) is 19.3. The summed E-state index contributed by atoms with van der Waals surface area (Å²) in [7, 11) is 4.72. The Balaban J connectivity index is 1.32. The van der Waals surface area contributed by atoms with Crippen LogP contribution in [0.15, 0.2) is 43.0 Å². The molecule has 0 radical (unpaired) electrons. The number of imidazole rings is 1. The lowest BCUT2D eigenvalue weighted by Gasteiger charge is -2.26. The number of nitrogens with zero attached hydrogens (tertiary/aromatic N) is 7. The lowest BCUT2D eigenvalue weighted by Crippen LogP contribution is -2.27. The van der Waals surface area contributed by atoms with E-state index in [-0.39, 0.29) is 11.9 Å². The number of hydrogen-bond acceptors (Lipinski definition) is 8. The van der Waals surface area contributed by atoms with E-state index in [0.29, 0.717) is 46.9 Å². The first kappa shape index (κ1) is 26.0. The van der Waals surface area contributed by atoms with Gasteiger partial charge in [0, 0.05) is 37.3 Å². The van der Waals surface area contributed by atoms with Crippen molar-refractivity contribution in [3.63, 3.8) is 0 Å². The van der Waals surface area contributed by atoms with Gasteiger partial charge in [0.15, 0.2) is 23.1 Å². The van der Waals surface area contributed by atoms with Crippen LogP contribution in [0.4, 0.5) is 19.0 Å². The summed E-state index contributed by atoms with van der Waals surface area (Å²) < 4.78 is 52.0. The number of alkyl halides is 3. The van der Waals surface area contributed by atoms with Crippen LogP contribution in [-0.2, 0) is 19.8 Å². The van der Waals surface area contributed by atoms with Gasteiger partial charge in [0.2, 0.25) is 5.88 Å². The minimum absolute atomic E-state index is 0.255. The second-order valence-electron chi connectivity index (χ2n) is 10.1. The molecule has 0 N–H and O–H groups in total. The van der Waals surface area contributed by atoms with Gasteiger partial charge in [0.05, 0.1) is 26.1 Å². The van der Waals surface area contributed by atoms with E-state index in [1.165, 1.54) is 10.9 Å². The summed E-state index contributed by atoms with van der Waals surface area (Å²) in [5.74, 6) is 2.71. The molecular weight excluding hydrogens is 523 g/mol. The Morgan fingerprint density at radius 2 is 1.73 bits per heavy atom. The average molecular weight is 552 g/mol. The Labute approximate surface area is 229 Å². The summed E-state index contributed by atoms with van der Waals surface area (Å²) in [5.41, 5.74) is 2.25. The van der Waals surface area contributed by atoms with Crippen molar-refractivity contribution in [2.75, 3.05) is 19.1 Å². The Morgan fingerprint density at radius 3 is 2.33 bits per heavy atom. The molecule has 2 fully saturated rings. The van der Waals surface area contributed by atoms with Crippen LogP contribution in [-0.4, -0.2) is 49.7 Å². The van der Waals surface area contributed by atoms with Gasteiger partial charge < -0.3 is 18.9 Å². The molecule has 0 atom stereocenters. The summed E-state index contributed by atoms with van der Waals surface area (Å²) in [4.78, 5) is 24.4. The fourth-order valence-electron chi connectivity index (χ4n) is 4.84. The van der Waals surface area contributed by atoms with Gasteiger partial charge in [-0.05, 0) is 31.2 Å². The maximum atomic E-state index is 13.1. The lowest BCUT2D eigenvalue weighted by molar-refractivity contribution is -0.140. The summed E-state index contributed by atoms with van der Waals surface area (Å²) >= 11 is 0. The molecule has 6 rings (SSSR count). The number of benzene rings is 1. The minimum atomic E-state index is -4.49. The fourth-order valence-corrected chi connectivity index (χ4v) is 4.84. The molecule has 2 saturated carbocycles. The molecule has 3 aromatic heterocycles. The summed E-state index contributed by atoms with van der Waals surface area (Å²) in [6, 6.07) is 7.66. The van der Waals surface area contributed by atoms with Crippen molar-refractivity contribution in [3.05, 3.63) is 59.9 Å². The fraction of sp³-hybridized carbons (Fsp3) is 0.393. The van der Waals surface area contributed by atoms with Gasteiger partial charge >= 0.3 is 6.18 Å². The highest BCUT2D eigenvalue weighted by Crippen LogP contribution is 2.46. The van der Waals surface area contributed by atoms with Crippen LogP contribution in [0, 0.1) is 0 Å². The Morgan fingerprint density at radius 1 is 0.975 bits per heavy atom. The van der Waals surface area contributed by atoms with E-state index in [1.807, 2.05) is 12.1 Å². The quantitative estimate of drug-likeness (QED) is 0.273. The molecular formula is C28H28F3N7O2. The largest absolute Gasteiger partial charge is 0.491 e. The van der Waals surface area contributed by atoms with Crippen LogP contribution in [0.5, 0.6) is 11.6 Å². The van der Waals surface area contributed by atoms with Gasteiger partial charge in [-0.25, -0.2) is 24.9 Å². The molecule has 2 aliphatic carbocycles. The number of ether oxygens (including phenoxy) is 2. The highest BCUT2D eigenvalue weighted by molar-refractivity contribution is 5.69. The van der Waals surface area contributed by atoms with Crippen LogP contribution in [0.25, 0.3) is 22.8 Å². The van der Waals surface area contributed by atoms with E-state index in [0.717, 1.165) is 43.1 Å². The van der Waals surface area contributed by atoms with Gasteiger partial charge in [-0.3, -0.25) is 0 Å². The summed E-state index contributed by atoms with van der Waals surface area (Å²) in [6.07, 6.45) is 3.81. The van der Waals surface area contributed by atoms with Crippen LogP contribution in [0.2, 0.25) is 0 Å². The summed E-state index contributed by atoms with van der Waals surface area (Å²) in [5, 5.41) is 0. The van der Waals surface area contributed by atoms with Crippen molar-refractivity contribution in [2.45, 2.75) is 50.4 Å². The maximum Gasteiger partial charge on any atom is 0.434 e.